The molecule has 78 heavy (non-hydrogen) atoms. The number of anilines is 2. The summed E-state index contributed by atoms with van der Waals surface area (Å²) in [5.41, 5.74) is 2.75. The normalized spacial score (nSPS) is 12.4. The van der Waals surface area contributed by atoms with Gasteiger partial charge in [-0.05, 0) is 152 Å². The highest BCUT2D eigenvalue weighted by Crippen LogP contribution is 2.42. The number of rotatable bonds is 21. The lowest BCUT2D eigenvalue weighted by molar-refractivity contribution is -0.777. The first-order valence-corrected chi connectivity index (χ1v) is 28.7. The molecule has 23 nitrogen and oxygen atoms in total. The summed E-state index contributed by atoms with van der Waals surface area (Å²) in [5, 5.41) is 58.5. The highest BCUT2D eigenvalue weighted by Gasteiger charge is 2.20. The first-order valence-electron chi connectivity index (χ1n) is 22.0. The van der Waals surface area contributed by atoms with Gasteiger partial charge in [0, 0.05) is 39.4 Å². The van der Waals surface area contributed by atoms with Crippen LogP contribution in [-0.2, 0) is 86.1 Å². The van der Waals surface area contributed by atoms with Gasteiger partial charge in [-0.2, -0.15) is 4.33 Å². The summed E-state index contributed by atoms with van der Waals surface area (Å²) in [6.07, 6.45) is -0.323. The zero-order valence-electron chi connectivity index (χ0n) is 39.1. The lowest BCUT2D eigenvalue weighted by Crippen LogP contribution is -2.19. The molecule has 29 heteroatoms. The summed E-state index contributed by atoms with van der Waals surface area (Å²) in [5.74, 6) is -1.57. The van der Waals surface area contributed by atoms with Crippen LogP contribution in [0, 0.1) is 0 Å². The van der Waals surface area contributed by atoms with Crippen molar-refractivity contribution in [2.24, 2.45) is 0 Å². The second kappa shape index (κ2) is 24.1. The topological polar surface area (TPSA) is 386 Å². The Morgan fingerprint density at radius 2 is 1.12 bits per heavy atom. The lowest BCUT2D eigenvalue weighted by atomic mass is 9.95. The number of fused-ring (bicyclic) bond motifs is 2. The second-order valence-corrected chi connectivity index (χ2v) is 23.0. The Hall–Kier alpha value is -6.75. The average molecular weight is 1180 g/mol. The zero-order valence-corrected chi connectivity index (χ0v) is 44.0. The van der Waals surface area contributed by atoms with Gasteiger partial charge >= 0.3 is 6.03 Å². The molecule has 0 saturated carbocycles. The third-order valence-electron chi connectivity index (χ3n) is 11.8. The summed E-state index contributed by atoms with van der Waals surface area (Å²) >= 11 is -2.16. The molecule has 0 spiro atoms. The quantitative estimate of drug-likeness (QED) is 0.0201. The lowest BCUT2D eigenvalue weighted by Gasteiger charge is -2.23. The van der Waals surface area contributed by atoms with Crippen molar-refractivity contribution >= 4 is 105 Å². The predicted octanol–water partition coefficient (Wildman–Crippen LogP) is 6.32. The van der Waals surface area contributed by atoms with Crippen LogP contribution in [0.3, 0.4) is 0 Å². The van der Waals surface area contributed by atoms with Crippen molar-refractivity contribution in [1.82, 2.24) is 0 Å². The third-order valence-corrected chi connectivity index (χ3v) is 16.1. The second-order valence-electron chi connectivity index (χ2n) is 16.8. The van der Waals surface area contributed by atoms with Gasteiger partial charge < -0.3 is 48.5 Å². The Bertz CT molecular complexity index is 3980. The minimum atomic E-state index is -5.22. The molecule has 0 radical (unpaired) electrons. The number of phenolic OH excluding ortho intramolecular Hbond substituents is 1. The van der Waals surface area contributed by atoms with Crippen LogP contribution in [0.15, 0.2) is 158 Å². The van der Waals surface area contributed by atoms with Crippen molar-refractivity contribution < 1.29 is 96.1 Å². The SMILES string of the molecule is O=C(Nc1ccc2c([O-])c(Cc3ccc(Cc4ccc(S(=O)(=O)[O-])cc4)cc3S(=O)(=O)[O-])c(OS(=O)[O-])cc2c1)Nc1ccc2c(O)cc(SOOO)c(Cc3ccc(Cc4ccc(S(=O)(=O)[O-])cc4)cc3SOO[O-])c2c1. The number of aromatic hydroxyl groups is 1. The van der Waals surface area contributed by atoms with Crippen molar-refractivity contribution in [3.05, 3.63) is 178 Å². The Balaban J connectivity index is 1.05. The first-order chi connectivity index (χ1) is 37.0. The number of hydrogen-bond donors (Lipinski definition) is 4. The van der Waals surface area contributed by atoms with Crippen LogP contribution < -0.4 is 25.2 Å². The third kappa shape index (κ3) is 14.1. The molecule has 8 aromatic carbocycles. The number of hydrogen-bond acceptors (Lipinski definition) is 23. The van der Waals surface area contributed by atoms with Gasteiger partial charge in [0.05, 0.1) is 38.8 Å². The molecule has 2 amide bonds. The summed E-state index contributed by atoms with van der Waals surface area (Å²) in [7, 11) is -14.6. The van der Waals surface area contributed by atoms with E-state index in [9.17, 15) is 67.9 Å². The standard InChI is InChI=1S/C49H40N2O21S6/c52-43-26-46(74-72-70-56)41(22-31-7-1-29(19-45(31)73-71-69-55)17-27-3-11-36(12-4-27)76(59,60)61)40-25-35(10-16-39(40)43)51-49(54)50-34-9-15-38-33(21-34)24-44(68-75(57)58)42(48(38)53)23-32-8-2-30(20-47(32)78(65,66)67)18-28-5-13-37(14-6-28)77(62,63)64/h1-16,19-21,24-26,52-53,55-56H,17-18,22-23H2,(H,57,58)(H2,50,51,54)(H,59,60,61)(H,62,63,64)(H,65,66,67)/p-6. The number of benzene rings is 8. The van der Waals surface area contributed by atoms with Crippen LogP contribution in [0.25, 0.3) is 21.5 Å². The maximum atomic E-state index is 14.0. The molecule has 0 aliphatic carbocycles. The van der Waals surface area contributed by atoms with Gasteiger partial charge in [0.25, 0.3) is 0 Å². The number of urea groups is 1. The summed E-state index contributed by atoms with van der Waals surface area (Å²) in [6, 6.07) is 29.1. The number of phenols is 1. The monoisotopic (exact) mass is 1180 g/mol. The van der Waals surface area contributed by atoms with Crippen molar-refractivity contribution in [3.8, 4) is 17.2 Å². The van der Waals surface area contributed by atoms with Gasteiger partial charge in [0.15, 0.2) is 0 Å². The summed E-state index contributed by atoms with van der Waals surface area (Å²) < 4.78 is 144. The van der Waals surface area contributed by atoms with E-state index in [0.29, 0.717) is 67.6 Å². The number of carbonyl (C=O) groups is 1. The number of amides is 2. The molecular weight excluding hydrogens is 1140 g/mol. The molecular formula is C49H34N2O21S6-6. The van der Waals surface area contributed by atoms with Crippen LogP contribution >= 0.6 is 24.1 Å². The van der Waals surface area contributed by atoms with Crippen molar-refractivity contribution in [2.45, 2.75) is 50.2 Å². The summed E-state index contributed by atoms with van der Waals surface area (Å²) in [4.78, 5) is 12.6. The molecule has 0 saturated heterocycles. The maximum absolute atomic E-state index is 14.0. The number of carbonyl (C=O) groups excluding carboxylic acids is 1. The van der Waals surface area contributed by atoms with Crippen molar-refractivity contribution in [3.63, 3.8) is 0 Å². The summed E-state index contributed by atoms with van der Waals surface area (Å²) in [6.45, 7) is 0. The molecule has 1 atom stereocenters. The van der Waals surface area contributed by atoms with E-state index in [-0.39, 0.29) is 68.7 Å². The van der Waals surface area contributed by atoms with Crippen molar-refractivity contribution in [1.29, 1.82) is 0 Å². The Morgan fingerprint density at radius 1 is 0.577 bits per heavy atom. The van der Waals surface area contributed by atoms with E-state index in [2.05, 4.69) is 25.0 Å². The average Bonchev–Trinajstić information content (AvgIpc) is 3.42. The molecule has 0 aromatic heterocycles. The largest absolute Gasteiger partial charge is 0.872 e. The van der Waals surface area contributed by atoms with E-state index in [1.807, 2.05) is 0 Å². The Kier molecular flexibility index (Phi) is 17.7. The van der Waals surface area contributed by atoms with E-state index in [1.54, 1.807) is 18.2 Å². The Labute approximate surface area is 454 Å². The molecule has 0 bridgehead atoms. The van der Waals surface area contributed by atoms with Gasteiger partial charge in [-0.3, -0.25) is 5.04 Å². The fraction of sp³-hybridized carbons (Fsp3) is 0.0816. The molecule has 1 unspecified atom stereocenters. The van der Waals surface area contributed by atoms with Crippen LogP contribution in [0.2, 0.25) is 0 Å². The highest BCUT2D eigenvalue weighted by atomic mass is 32.2. The number of nitrogens with one attached hydrogen (secondary N) is 2. The molecule has 0 aliphatic heterocycles. The molecule has 0 heterocycles. The Morgan fingerprint density at radius 3 is 1.68 bits per heavy atom. The zero-order chi connectivity index (χ0) is 56.1. The first kappa shape index (κ1) is 57.4. The fourth-order valence-corrected chi connectivity index (χ4v) is 11.5. The molecule has 408 valence electrons. The minimum Gasteiger partial charge on any atom is -0.872 e. The smallest absolute Gasteiger partial charge is 0.323 e. The van der Waals surface area contributed by atoms with Crippen LogP contribution in [0.5, 0.6) is 17.2 Å². The minimum absolute atomic E-state index is 0.00263. The highest BCUT2D eigenvalue weighted by molar-refractivity contribution is 7.95. The molecule has 4 N–H and O–H groups in total. The van der Waals surface area contributed by atoms with Crippen LogP contribution in [-0.4, -0.2) is 64.1 Å². The van der Waals surface area contributed by atoms with E-state index < -0.39 is 80.4 Å². The molecule has 8 aromatic rings. The van der Waals surface area contributed by atoms with E-state index in [1.165, 1.54) is 91.0 Å². The van der Waals surface area contributed by atoms with E-state index >= 15 is 0 Å². The fourth-order valence-electron chi connectivity index (χ4n) is 8.37. The van der Waals surface area contributed by atoms with Crippen LogP contribution in [0.4, 0.5) is 16.2 Å². The van der Waals surface area contributed by atoms with Crippen molar-refractivity contribution in [2.75, 3.05) is 10.6 Å². The molecule has 8 rings (SSSR count). The maximum Gasteiger partial charge on any atom is 0.323 e. The van der Waals surface area contributed by atoms with Gasteiger partial charge in [-0.1, -0.05) is 65.4 Å². The molecule has 0 fully saturated rings. The van der Waals surface area contributed by atoms with Gasteiger partial charge in [0.2, 0.25) is 0 Å². The molecule has 0 aliphatic rings. The predicted molar refractivity (Wildman–Crippen MR) is 271 cm³/mol. The van der Waals surface area contributed by atoms with Gasteiger partial charge in [0.1, 0.15) is 53.2 Å². The van der Waals surface area contributed by atoms with Crippen LogP contribution in [0.1, 0.15) is 44.5 Å². The van der Waals surface area contributed by atoms with Gasteiger partial charge in [-0.15, -0.1) is 4.33 Å². The van der Waals surface area contributed by atoms with E-state index in [0.717, 1.165) is 24.3 Å². The van der Waals surface area contributed by atoms with Gasteiger partial charge in [-0.25, -0.2) is 39.5 Å². The van der Waals surface area contributed by atoms with E-state index in [4.69, 9.17) is 13.8 Å².